The summed E-state index contributed by atoms with van der Waals surface area (Å²) < 4.78 is 9.40. The Morgan fingerprint density at radius 2 is 1.10 bits per heavy atom. The van der Waals surface area contributed by atoms with Crippen molar-refractivity contribution in [2.45, 2.75) is 5.41 Å². The molecule has 8 aromatic carbocycles. The van der Waals surface area contributed by atoms with Gasteiger partial charge in [-0.15, -0.1) is 0 Å². The standard InChI is InChI=1S/C49H28BNO/c1-5-18-36-31(12-1)32-13-2-6-19-37(32)49(36)38-20-7-3-15-35(38)46-30(16-9-21-39(46)49)29-26-27-40-45(28-29)52-44-25-11-24-43-47(44)50(40)41-22-10-17-34-33-14-4-8-23-42(33)51(43)48(34)41/h1-28H. The topological polar surface area (TPSA) is 14.2 Å². The fraction of sp³-hybridized carbons (Fsp3) is 0.0204. The Morgan fingerprint density at radius 1 is 0.462 bits per heavy atom. The Kier molecular flexibility index (Phi) is 4.91. The van der Waals surface area contributed by atoms with Gasteiger partial charge in [0.15, 0.2) is 0 Å². The predicted molar refractivity (Wildman–Crippen MR) is 214 cm³/mol. The zero-order valence-corrected chi connectivity index (χ0v) is 28.1. The molecular weight excluding hydrogens is 629 g/mol. The van der Waals surface area contributed by atoms with Gasteiger partial charge in [-0.2, -0.15) is 0 Å². The molecular formula is C49H28BNO. The molecule has 0 saturated heterocycles. The molecule has 2 nitrogen and oxygen atoms in total. The van der Waals surface area contributed by atoms with E-state index in [2.05, 4.69) is 174 Å². The summed E-state index contributed by atoms with van der Waals surface area (Å²) in [6.07, 6.45) is 0. The third kappa shape index (κ3) is 3.04. The number of para-hydroxylation sites is 2. The fourth-order valence-electron chi connectivity index (χ4n) is 10.6. The molecule has 1 aromatic heterocycles. The van der Waals surface area contributed by atoms with Crippen molar-refractivity contribution in [1.82, 2.24) is 4.57 Å². The fourth-order valence-corrected chi connectivity index (χ4v) is 10.6. The number of fused-ring (bicyclic) bond motifs is 17. The van der Waals surface area contributed by atoms with Crippen LogP contribution in [0.25, 0.3) is 60.9 Å². The van der Waals surface area contributed by atoms with Crippen LogP contribution in [-0.2, 0) is 5.41 Å². The molecule has 3 heterocycles. The summed E-state index contributed by atoms with van der Waals surface area (Å²) in [5.74, 6) is 1.87. The van der Waals surface area contributed by atoms with Crippen LogP contribution in [0.2, 0.25) is 0 Å². The maximum atomic E-state index is 6.95. The Bertz CT molecular complexity index is 3030. The van der Waals surface area contributed by atoms with Gasteiger partial charge in [0.2, 0.25) is 0 Å². The number of nitrogens with zero attached hydrogens (tertiary/aromatic N) is 1. The minimum atomic E-state index is -0.367. The van der Waals surface area contributed by atoms with Crippen molar-refractivity contribution in [3.8, 4) is 50.6 Å². The third-order valence-corrected chi connectivity index (χ3v) is 12.5. The zero-order valence-electron chi connectivity index (χ0n) is 28.1. The minimum Gasteiger partial charge on any atom is -0.458 e. The number of hydrogen-bond acceptors (Lipinski definition) is 1. The van der Waals surface area contributed by atoms with Crippen molar-refractivity contribution in [2.24, 2.45) is 0 Å². The third-order valence-electron chi connectivity index (χ3n) is 12.5. The lowest BCUT2D eigenvalue weighted by molar-refractivity contribution is 0.487. The molecule has 0 unspecified atom stereocenters. The summed E-state index contributed by atoms with van der Waals surface area (Å²) in [6, 6.07) is 63.2. The van der Waals surface area contributed by atoms with Crippen LogP contribution < -0.4 is 21.1 Å². The van der Waals surface area contributed by atoms with Gasteiger partial charge in [-0.3, -0.25) is 0 Å². The first-order valence-corrected chi connectivity index (χ1v) is 18.2. The van der Waals surface area contributed by atoms with E-state index in [0.717, 1.165) is 11.5 Å². The molecule has 4 aliphatic rings. The molecule has 238 valence electrons. The van der Waals surface area contributed by atoms with Crippen LogP contribution in [0.3, 0.4) is 0 Å². The summed E-state index contributed by atoms with van der Waals surface area (Å²) >= 11 is 0. The van der Waals surface area contributed by atoms with Crippen molar-refractivity contribution in [2.75, 3.05) is 0 Å². The molecule has 3 heteroatoms. The van der Waals surface area contributed by atoms with Crippen LogP contribution in [-0.4, -0.2) is 11.3 Å². The SMILES string of the molecule is c1ccc2c(c1)-c1ccccc1C21c2ccccc2-c2c(-c3ccc4c(c3)Oc3cccc5c3B4c3cccc4c6ccccc6n-5c34)cccc21. The summed E-state index contributed by atoms with van der Waals surface area (Å²) in [5.41, 5.74) is 20.3. The smallest absolute Gasteiger partial charge is 0.256 e. The molecule has 0 bridgehead atoms. The predicted octanol–water partition coefficient (Wildman–Crippen LogP) is 9.73. The largest absolute Gasteiger partial charge is 0.458 e. The van der Waals surface area contributed by atoms with Gasteiger partial charge in [-0.25, -0.2) is 0 Å². The summed E-state index contributed by atoms with van der Waals surface area (Å²) in [4.78, 5) is 0. The van der Waals surface area contributed by atoms with Crippen LogP contribution in [0.4, 0.5) is 0 Å². The van der Waals surface area contributed by atoms with Crippen LogP contribution >= 0.6 is 0 Å². The van der Waals surface area contributed by atoms with Crippen LogP contribution in [0.15, 0.2) is 170 Å². The highest BCUT2D eigenvalue weighted by atomic mass is 16.5. The highest BCUT2D eigenvalue weighted by Crippen LogP contribution is 2.64. The number of benzene rings is 8. The van der Waals surface area contributed by atoms with Gasteiger partial charge in [-0.1, -0.05) is 146 Å². The molecule has 0 N–H and O–H groups in total. The lowest BCUT2D eigenvalue weighted by Gasteiger charge is -2.33. The average molecular weight is 658 g/mol. The van der Waals surface area contributed by atoms with Gasteiger partial charge in [0, 0.05) is 22.0 Å². The van der Waals surface area contributed by atoms with Crippen molar-refractivity contribution in [3.63, 3.8) is 0 Å². The monoisotopic (exact) mass is 657 g/mol. The maximum Gasteiger partial charge on any atom is 0.256 e. The minimum absolute atomic E-state index is 0.0847. The molecule has 0 radical (unpaired) electrons. The van der Waals surface area contributed by atoms with Crippen molar-refractivity contribution >= 4 is 44.9 Å². The second-order valence-electron chi connectivity index (χ2n) is 14.7. The van der Waals surface area contributed by atoms with Crippen LogP contribution in [0, 0.1) is 0 Å². The molecule has 0 amide bonds. The first-order valence-electron chi connectivity index (χ1n) is 18.2. The zero-order chi connectivity index (χ0) is 33.7. The van der Waals surface area contributed by atoms with Crippen LogP contribution in [0.1, 0.15) is 22.3 Å². The van der Waals surface area contributed by atoms with Crippen molar-refractivity contribution in [1.29, 1.82) is 0 Å². The van der Waals surface area contributed by atoms with E-state index in [1.54, 1.807) is 0 Å². The summed E-state index contributed by atoms with van der Waals surface area (Å²) in [6.45, 7) is 0.0847. The van der Waals surface area contributed by atoms with Gasteiger partial charge in [0.05, 0.1) is 10.9 Å². The molecule has 0 atom stereocenters. The maximum absolute atomic E-state index is 6.95. The second-order valence-corrected chi connectivity index (χ2v) is 14.7. The number of aromatic nitrogens is 1. The van der Waals surface area contributed by atoms with E-state index in [-0.39, 0.29) is 12.1 Å². The lowest BCUT2D eigenvalue weighted by atomic mass is 9.34. The molecule has 2 aliphatic heterocycles. The lowest BCUT2D eigenvalue weighted by Crippen LogP contribution is -2.58. The summed E-state index contributed by atoms with van der Waals surface area (Å²) in [7, 11) is 0. The van der Waals surface area contributed by atoms with E-state index in [1.165, 1.54) is 99.5 Å². The van der Waals surface area contributed by atoms with Gasteiger partial charge >= 0.3 is 0 Å². The van der Waals surface area contributed by atoms with E-state index < -0.39 is 0 Å². The first-order chi connectivity index (χ1) is 25.8. The summed E-state index contributed by atoms with van der Waals surface area (Å²) in [5, 5.41) is 2.59. The number of hydrogen-bond donors (Lipinski definition) is 0. The molecule has 2 aliphatic carbocycles. The average Bonchev–Trinajstić information content (AvgIpc) is 3.82. The molecule has 9 aromatic rings. The van der Waals surface area contributed by atoms with Crippen molar-refractivity contribution < 1.29 is 4.74 Å². The van der Waals surface area contributed by atoms with Gasteiger partial charge in [0.1, 0.15) is 11.5 Å². The Hall–Kier alpha value is -6.58. The quantitative estimate of drug-likeness (QED) is 0.160. The highest BCUT2D eigenvalue weighted by Gasteiger charge is 2.52. The highest BCUT2D eigenvalue weighted by molar-refractivity contribution is 6.99. The number of rotatable bonds is 1. The van der Waals surface area contributed by atoms with Crippen molar-refractivity contribution in [3.05, 3.63) is 192 Å². The van der Waals surface area contributed by atoms with Gasteiger partial charge in [0.25, 0.3) is 6.71 Å². The van der Waals surface area contributed by atoms with Crippen LogP contribution in [0.5, 0.6) is 11.5 Å². The van der Waals surface area contributed by atoms with E-state index in [4.69, 9.17) is 4.74 Å². The number of ether oxygens (including phenoxy) is 1. The molecule has 52 heavy (non-hydrogen) atoms. The Labute approximate surface area is 301 Å². The normalized spacial score (nSPS) is 14.4. The molecule has 13 rings (SSSR count). The van der Waals surface area contributed by atoms with E-state index in [0.29, 0.717) is 0 Å². The second kappa shape index (κ2) is 9.40. The Morgan fingerprint density at radius 3 is 1.92 bits per heavy atom. The molecule has 0 fully saturated rings. The van der Waals surface area contributed by atoms with E-state index >= 15 is 0 Å². The molecule has 0 saturated carbocycles. The Balaban J connectivity index is 1.05. The van der Waals surface area contributed by atoms with Gasteiger partial charge in [-0.05, 0) is 96.3 Å². The first kappa shape index (κ1) is 27.2. The molecule has 1 spiro atoms. The van der Waals surface area contributed by atoms with E-state index in [9.17, 15) is 0 Å². The van der Waals surface area contributed by atoms with E-state index in [1.807, 2.05) is 0 Å². The van der Waals surface area contributed by atoms with Gasteiger partial charge < -0.3 is 9.30 Å².